The highest BCUT2D eigenvalue weighted by Gasteiger charge is 2.38. The summed E-state index contributed by atoms with van der Waals surface area (Å²) in [6.07, 6.45) is -4.41. The van der Waals surface area contributed by atoms with E-state index in [0.717, 1.165) is 37.0 Å². The summed E-state index contributed by atoms with van der Waals surface area (Å²) in [5, 5.41) is 6.38. The maximum Gasteiger partial charge on any atom is 0.418 e. The molecule has 0 saturated carbocycles. The summed E-state index contributed by atoms with van der Waals surface area (Å²) in [4.78, 5) is 2.18. The molecule has 4 rings (SSSR count). The van der Waals surface area contributed by atoms with Crippen molar-refractivity contribution in [2.75, 3.05) is 44.0 Å². The smallest absolute Gasteiger partial charge is 0.418 e. The van der Waals surface area contributed by atoms with Gasteiger partial charge in [0.05, 0.1) is 24.0 Å². The minimum Gasteiger partial charge on any atom is -0.494 e. The average Bonchev–Trinajstić information content (AvgIpc) is 3.09. The molecule has 2 atom stereocenters. The first kappa shape index (κ1) is 18.0. The molecule has 0 radical (unpaired) electrons. The number of nitrogens with one attached hydrogen (secondary N) is 2. The van der Waals surface area contributed by atoms with Crippen molar-refractivity contribution in [2.24, 2.45) is 5.92 Å². The number of halogens is 3. The molecule has 0 bridgehead atoms. The number of fused-ring (bicyclic) bond motifs is 3. The summed E-state index contributed by atoms with van der Waals surface area (Å²) in [6.45, 7) is 2.76. The summed E-state index contributed by atoms with van der Waals surface area (Å²) < 4.78 is 45.5. The van der Waals surface area contributed by atoms with Gasteiger partial charge in [-0.2, -0.15) is 13.2 Å². The second-order valence-electron chi connectivity index (χ2n) is 7.19. The fraction of sp³-hybridized carbons (Fsp3) is 0.400. The summed E-state index contributed by atoms with van der Waals surface area (Å²) in [5.74, 6) is 1.50. The Hall–Kier alpha value is -2.41. The van der Waals surface area contributed by atoms with Crippen LogP contribution < -0.4 is 20.3 Å². The van der Waals surface area contributed by atoms with Crippen molar-refractivity contribution >= 4 is 17.1 Å². The Kier molecular flexibility index (Phi) is 4.42. The number of para-hydroxylation sites is 1. The Morgan fingerprint density at radius 2 is 1.96 bits per heavy atom. The van der Waals surface area contributed by atoms with Crippen LogP contribution in [0.4, 0.5) is 30.2 Å². The number of anilines is 3. The summed E-state index contributed by atoms with van der Waals surface area (Å²) in [7, 11) is 3.62. The lowest BCUT2D eigenvalue weighted by atomic mass is 9.83. The van der Waals surface area contributed by atoms with Gasteiger partial charge in [-0.3, -0.25) is 0 Å². The Morgan fingerprint density at radius 1 is 1.19 bits per heavy atom. The zero-order chi connectivity index (χ0) is 19.2. The van der Waals surface area contributed by atoms with Crippen LogP contribution in [0, 0.1) is 5.92 Å². The van der Waals surface area contributed by atoms with Crippen LogP contribution in [-0.2, 0) is 6.18 Å². The van der Waals surface area contributed by atoms with Crippen LogP contribution in [0.5, 0.6) is 5.75 Å². The van der Waals surface area contributed by atoms with Gasteiger partial charge in [-0.15, -0.1) is 0 Å². The van der Waals surface area contributed by atoms with Crippen LogP contribution in [0.25, 0.3) is 0 Å². The highest BCUT2D eigenvalue weighted by Crippen LogP contribution is 2.47. The normalized spacial score (nSPS) is 21.6. The number of methoxy groups -OCH3 is 1. The van der Waals surface area contributed by atoms with Crippen molar-refractivity contribution in [1.29, 1.82) is 0 Å². The molecule has 0 unspecified atom stereocenters. The zero-order valence-corrected chi connectivity index (χ0v) is 15.2. The van der Waals surface area contributed by atoms with Crippen molar-refractivity contribution in [1.82, 2.24) is 5.32 Å². The van der Waals surface area contributed by atoms with E-state index in [2.05, 4.69) is 15.5 Å². The Bertz CT molecular complexity index is 853. The molecule has 2 aromatic carbocycles. The lowest BCUT2D eigenvalue weighted by molar-refractivity contribution is -0.136. The molecule has 0 aromatic heterocycles. The minimum absolute atomic E-state index is 0.0391. The van der Waals surface area contributed by atoms with Gasteiger partial charge in [-0.25, -0.2) is 0 Å². The highest BCUT2D eigenvalue weighted by molar-refractivity contribution is 5.75. The molecule has 0 aliphatic carbocycles. The third kappa shape index (κ3) is 3.20. The third-order valence-corrected chi connectivity index (χ3v) is 5.47. The molecule has 1 saturated heterocycles. The number of ether oxygens (including phenoxy) is 1. The average molecular weight is 377 g/mol. The van der Waals surface area contributed by atoms with Crippen LogP contribution in [0.15, 0.2) is 36.4 Å². The molecule has 27 heavy (non-hydrogen) atoms. The predicted molar refractivity (Wildman–Crippen MR) is 100 cm³/mol. The molecular formula is C20H22F3N3O. The number of hydrogen-bond donors (Lipinski definition) is 2. The van der Waals surface area contributed by atoms with Gasteiger partial charge in [0.15, 0.2) is 0 Å². The molecule has 2 heterocycles. The van der Waals surface area contributed by atoms with E-state index in [1.165, 1.54) is 12.1 Å². The van der Waals surface area contributed by atoms with Crippen LogP contribution in [0.2, 0.25) is 0 Å². The number of benzene rings is 2. The van der Waals surface area contributed by atoms with E-state index in [-0.39, 0.29) is 5.69 Å². The largest absolute Gasteiger partial charge is 0.494 e. The lowest BCUT2D eigenvalue weighted by Gasteiger charge is -2.37. The molecule has 144 valence electrons. The molecule has 0 spiro atoms. The fourth-order valence-electron chi connectivity index (χ4n) is 4.28. The molecular weight excluding hydrogens is 355 g/mol. The van der Waals surface area contributed by atoms with Crippen molar-refractivity contribution in [3.8, 4) is 5.75 Å². The van der Waals surface area contributed by atoms with Gasteiger partial charge in [-0.05, 0) is 29.7 Å². The Morgan fingerprint density at radius 3 is 2.70 bits per heavy atom. The van der Waals surface area contributed by atoms with E-state index >= 15 is 0 Å². The van der Waals surface area contributed by atoms with Crippen LogP contribution in [-0.4, -0.2) is 33.8 Å². The van der Waals surface area contributed by atoms with Gasteiger partial charge >= 0.3 is 6.18 Å². The fourth-order valence-corrected chi connectivity index (χ4v) is 4.28. The molecule has 2 aromatic rings. The SMILES string of the molecule is COc1cc(Nc2ccccc2C(F)(F)F)cc2c1N(C)C[C@H]1CNC[C@@H]21. The van der Waals surface area contributed by atoms with E-state index in [0.29, 0.717) is 23.3 Å². The quantitative estimate of drug-likeness (QED) is 0.840. The molecule has 2 aliphatic heterocycles. The van der Waals surface area contributed by atoms with E-state index in [1.807, 2.05) is 13.1 Å². The summed E-state index contributed by atoms with van der Waals surface area (Å²) in [5.41, 5.74) is 2.10. The maximum atomic E-state index is 13.3. The number of nitrogens with zero attached hydrogens (tertiary/aromatic N) is 1. The molecule has 7 heteroatoms. The second-order valence-corrected chi connectivity index (χ2v) is 7.19. The zero-order valence-electron chi connectivity index (χ0n) is 15.2. The number of alkyl halides is 3. The van der Waals surface area contributed by atoms with E-state index in [9.17, 15) is 13.2 Å². The molecule has 0 amide bonds. The summed E-state index contributed by atoms with van der Waals surface area (Å²) in [6, 6.07) is 9.25. The van der Waals surface area contributed by atoms with E-state index < -0.39 is 11.7 Å². The van der Waals surface area contributed by atoms with Gasteiger partial charge in [0.25, 0.3) is 0 Å². The van der Waals surface area contributed by atoms with Crippen LogP contribution in [0.3, 0.4) is 0 Å². The predicted octanol–water partition coefficient (Wildman–Crippen LogP) is 4.21. The lowest BCUT2D eigenvalue weighted by Crippen LogP contribution is -2.35. The van der Waals surface area contributed by atoms with Gasteiger partial charge in [0.2, 0.25) is 0 Å². The number of rotatable bonds is 3. The van der Waals surface area contributed by atoms with Crippen LogP contribution >= 0.6 is 0 Å². The van der Waals surface area contributed by atoms with Gasteiger partial charge < -0.3 is 20.3 Å². The number of hydrogen-bond acceptors (Lipinski definition) is 4. The topological polar surface area (TPSA) is 36.5 Å². The molecule has 2 N–H and O–H groups in total. The monoisotopic (exact) mass is 377 g/mol. The highest BCUT2D eigenvalue weighted by atomic mass is 19.4. The standard InChI is InChI=1S/C20H22F3N3O/c1-26-11-12-9-24-10-15(12)14-7-13(8-18(27-2)19(14)26)25-17-6-4-3-5-16(17)20(21,22)23/h3-8,12,15,24-25H,9-11H2,1-2H3/t12-,15-/m1/s1. The first-order valence-corrected chi connectivity index (χ1v) is 8.95. The van der Waals surface area contributed by atoms with Crippen molar-refractivity contribution in [2.45, 2.75) is 12.1 Å². The maximum absolute atomic E-state index is 13.3. The van der Waals surface area contributed by atoms with Crippen molar-refractivity contribution in [3.05, 3.63) is 47.5 Å². The Balaban J connectivity index is 1.77. The van der Waals surface area contributed by atoms with E-state index in [4.69, 9.17) is 4.74 Å². The van der Waals surface area contributed by atoms with Crippen LogP contribution in [0.1, 0.15) is 17.0 Å². The summed E-state index contributed by atoms with van der Waals surface area (Å²) >= 11 is 0. The van der Waals surface area contributed by atoms with Crippen molar-refractivity contribution < 1.29 is 17.9 Å². The molecule has 4 nitrogen and oxygen atoms in total. The van der Waals surface area contributed by atoms with Gasteiger partial charge in [-0.1, -0.05) is 12.1 Å². The third-order valence-electron chi connectivity index (χ3n) is 5.47. The molecule has 1 fully saturated rings. The first-order valence-electron chi connectivity index (χ1n) is 8.95. The van der Waals surface area contributed by atoms with E-state index in [1.54, 1.807) is 19.2 Å². The second kappa shape index (κ2) is 6.64. The Labute approximate surface area is 156 Å². The first-order chi connectivity index (χ1) is 12.9. The molecule has 2 aliphatic rings. The van der Waals surface area contributed by atoms with Gasteiger partial charge in [0.1, 0.15) is 5.75 Å². The van der Waals surface area contributed by atoms with Crippen molar-refractivity contribution in [3.63, 3.8) is 0 Å². The van der Waals surface area contributed by atoms with Gasteiger partial charge in [0, 0.05) is 44.4 Å². The minimum atomic E-state index is -4.41.